The van der Waals surface area contributed by atoms with Crippen molar-refractivity contribution in [3.05, 3.63) is 0 Å². The van der Waals surface area contributed by atoms with Crippen LogP contribution in [0.2, 0.25) is 0 Å². The third-order valence-electron chi connectivity index (χ3n) is 3.30. The van der Waals surface area contributed by atoms with Gasteiger partial charge in [-0.05, 0) is 19.8 Å². The lowest BCUT2D eigenvalue weighted by molar-refractivity contribution is -0.180. The van der Waals surface area contributed by atoms with Gasteiger partial charge in [-0.1, -0.05) is 0 Å². The third-order valence-corrected chi connectivity index (χ3v) is 3.30. The molecule has 4 nitrogen and oxygen atoms in total. The van der Waals surface area contributed by atoms with Crippen molar-refractivity contribution >= 4 is 5.97 Å². The summed E-state index contributed by atoms with van der Waals surface area (Å²) >= 11 is 0. The summed E-state index contributed by atoms with van der Waals surface area (Å²) in [5, 5.41) is 0. The zero-order valence-electron chi connectivity index (χ0n) is 8.49. The van der Waals surface area contributed by atoms with Crippen LogP contribution in [0.1, 0.15) is 26.2 Å². The summed E-state index contributed by atoms with van der Waals surface area (Å²) in [6.07, 6.45) is 2.80. The molecule has 2 rings (SSSR count). The second kappa shape index (κ2) is 3.51. The summed E-state index contributed by atoms with van der Waals surface area (Å²) in [5.74, 6) is -0.0814. The van der Waals surface area contributed by atoms with E-state index in [-0.39, 0.29) is 18.0 Å². The van der Waals surface area contributed by atoms with Gasteiger partial charge in [0.1, 0.15) is 5.54 Å². The van der Waals surface area contributed by atoms with Crippen molar-refractivity contribution in [2.75, 3.05) is 13.2 Å². The van der Waals surface area contributed by atoms with E-state index in [1.165, 1.54) is 0 Å². The van der Waals surface area contributed by atoms with Crippen LogP contribution in [0.15, 0.2) is 0 Å². The Morgan fingerprint density at radius 1 is 1.71 bits per heavy atom. The van der Waals surface area contributed by atoms with Gasteiger partial charge in [0.25, 0.3) is 0 Å². The summed E-state index contributed by atoms with van der Waals surface area (Å²) < 4.78 is 10.5. The predicted octanol–water partition coefficient (Wildman–Crippen LogP) is 0.446. The van der Waals surface area contributed by atoms with Gasteiger partial charge in [0.05, 0.1) is 12.7 Å². The molecule has 2 N–H and O–H groups in total. The first-order valence-electron chi connectivity index (χ1n) is 5.26. The van der Waals surface area contributed by atoms with Crippen LogP contribution in [0.5, 0.6) is 0 Å². The Kier molecular flexibility index (Phi) is 2.49. The highest BCUT2D eigenvalue weighted by molar-refractivity contribution is 5.82. The summed E-state index contributed by atoms with van der Waals surface area (Å²) in [7, 11) is 0. The molecule has 0 bridgehead atoms. The van der Waals surface area contributed by atoms with E-state index in [4.69, 9.17) is 15.2 Å². The number of fused-ring (bicyclic) bond motifs is 1. The molecule has 14 heavy (non-hydrogen) atoms. The normalized spacial score (nSPS) is 41.0. The van der Waals surface area contributed by atoms with Crippen LogP contribution in [0.25, 0.3) is 0 Å². The molecule has 3 atom stereocenters. The Bertz CT molecular complexity index is 244. The number of esters is 1. The van der Waals surface area contributed by atoms with Gasteiger partial charge in [0, 0.05) is 18.9 Å². The number of hydrogen-bond donors (Lipinski definition) is 1. The lowest BCUT2D eigenvalue weighted by atomic mass is 9.62. The van der Waals surface area contributed by atoms with E-state index in [2.05, 4.69) is 0 Å². The number of ether oxygens (including phenoxy) is 2. The molecule has 0 spiro atoms. The number of rotatable bonds is 2. The molecule has 80 valence electrons. The van der Waals surface area contributed by atoms with Crippen molar-refractivity contribution in [3.8, 4) is 0 Å². The van der Waals surface area contributed by atoms with E-state index < -0.39 is 5.54 Å². The third kappa shape index (κ3) is 1.33. The first-order valence-corrected chi connectivity index (χ1v) is 5.26. The van der Waals surface area contributed by atoms with Crippen molar-refractivity contribution in [1.82, 2.24) is 0 Å². The Hall–Kier alpha value is -0.610. The minimum Gasteiger partial charge on any atom is -0.465 e. The van der Waals surface area contributed by atoms with Gasteiger partial charge in [-0.25, -0.2) is 0 Å². The Balaban J connectivity index is 2.00. The standard InChI is InChI=1S/C10H17NO3/c1-2-13-9(12)10(11)6-8-7(10)4-3-5-14-8/h7-8H,2-6,11H2,1H3/t7-,8-,10+/m0/s1. The maximum absolute atomic E-state index is 11.6. The topological polar surface area (TPSA) is 61.5 Å². The summed E-state index contributed by atoms with van der Waals surface area (Å²) in [5.41, 5.74) is 5.27. The summed E-state index contributed by atoms with van der Waals surface area (Å²) in [4.78, 5) is 11.6. The van der Waals surface area contributed by atoms with Gasteiger partial charge in [-0.15, -0.1) is 0 Å². The molecule has 2 fully saturated rings. The molecule has 1 saturated heterocycles. The fourth-order valence-electron chi connectivity index (χ4n) is 2.45. The van der Waals surface area contributed by atoms with Gasteiger partial charge in [0.15, 0.2) is 0 Å². The molecular formula is C10H17NO3. The smallest absolute Gasteiger partial charge is 0.326 e. The van der Waals surface area contributed by atoms with Crippen LogP contribution in [0.4, 0.5) is 0 Å². The monoisotopic (exact) mass is 199 g/mol. The number of hydrogen-bond acceptors (Lipinski definition) is 4. The maximum Gasteiger partial charge on any atom is 0.326 e. The Labute approximate surface area is 83.7 Å². The molecule has 0 aromatic rings. The van der Waals surface area contributed by atoms with Crippen molar-refractivity contribution in [1.29, 1.82) is 0 Å². The minimum atomic E-state index is -0.763. The minimum absolute atomic E-state index is 0.176. The molecular weight excluding hydrogens is 182 g/mol. The highest BCUT2D eigenvalue weighted by Crippen LogP contribution is 2.45. The molecule has 0 aromatic carbocycles. The van der Waals surface area contributed by atoms with Crippen LogP contribution >= 0.6 is 0 Å². The van der Waals surface area contributed by atoms with Crippen LogP contribution in [-0.2, 0) is 14.3 Å². The molecule has 1 aliphatic heterocycles. The summed E-state index contributed by atoms with van der Waals surface area (Å²) in [6.45, 7) is 3.00. The quantitative estimate of drug-likeness (QED) is 0.656. The van der Waals surface area contributed by atoms with Gasteiger partial charge < -0.3 is 15.2 Å². The number of carbonyl (C=O) groups is 1. The van der Waals surface area contributed by atoms with Gasteiger partial charge in [-0.3, -0.25) is 4.79 Å². The van der Waals surface area contributed by atoms with Crippen LogP contribution < -0.4 is 5.73 Å². The zero-order chi connectivity index (χ0) is 10.2. The predicted molar refractivity (Wildman–Crippen MR) is 50.6 cm³/mol. The van der Waals surface area contributed by atoms with Crippen LogP contribution in [0, 0.1) is 5.92 Å². The zero-order valence-corrected chi connectivity index (χ0v) is 8.49. The van der Waals surface area contributed by atoms with Crippen LogP contribution in [-0.4, -0.2) is 30.8 Å². The highest BCUT2D eigenvalue weighted by Gasteiger charge is 2.58. The van der Waals surface area contributed by atoms with Gasteiger partial charge >= 0.3 is 5.97 Å². The highest BCUT2D eigenvalue weighted by atomic mass is 16.5. The molecule has 0 amide bonds. The van der Waals surface area contributed by atoms with Crippen molar-refractivity contribution in [2.45, 2.75) is 37.8 Å². The lowest BCUT2D eigenvalue weighted by Crippen LogP contribution is -2.69. The molecule has 2 aliphatic rings. The van der Waals surface area contributed by atoms with E-state index in [1.54, 1.807) is 6.92 Å². The maximum atomic E-state index is 11.6. The molecule has 1 aliphatic carbocycles. The van der Waals surface area contributed by atoms with E-state index in [1.807, 2.05) is 0 Å². The first-order chi connectivity index (χ1) is 6.68. The Morgan fingerprint density at radius 2 is 2.50 bits per heavy atom. The van der Waals surface area contributed by atoms with Crippen molar-refractivity contribution < 1.29 is 14.3 Å². The second-order valence-corrected chi connectivity index (χ2v) is 4.12. The van der Waals surface area contributed by atoms with E-state index in [0.717, 1.165) is 19.4 Å². The molecule has 0 unspecified atom stereocenters. The van der Waals surface area contributed by atoms with E-state index >= 15 is 0 Å². The average Bonchev–Trinajstić information content (AvgIpc) is 2.16. The van der Waals surface area contributed by atoms with Crippen molar-refractivity contribution in [2.24, 2.45) is 11.7 Å². The number of nitrogens with two attached hydrogens (primary N) is 1. The largest absolute Gasteiger partial charge is 0.465 e. The van der Waals surface area contributed by atoms with E-state index in [9.17, 15) is 4.79 Å². The van der Waals surface area contributed by atoms with E-state index in [0.29, 0.717) is 13.0 Å². The van der Waals surface area contributed by atoms with Gasteiger partial charge in [-0.2, -0.15) is 0 Å². The second-order valence-electron chi connectivity index (χ2n) is 4.12. The Morgan fingerprint density at radius 3 is 3.14 bits per heavy atom. The SMILES string of the molecule is CCOC(=O)[C@@]1(N)C[C@@H]2OCCC[C@@H]21. The fourth-order valence-corrected chi connectivity index (χ4v) is 2.45. The number of carbonyl (C=O) groups excluding carboxylic acids is 1. The molecule has 0 aromatic heterocycles. The molecule has 0 radical (unpaired) electrons. The average molecular weight is 199 g/mol. The molecule has 1 heterocycles. The van der Waals surface area contributed by atoms with Crippen molar-refractivity contribution in [3.63, 3.8) is 0 Å². The fraction of sp³-hybridized carbons (Fsp3) is 0.900. The first kappa shape index (κ1) is 9.93. The lowest BCUT2D eigenvalue weighted by Gasteiger charge is -2.52. The van der Waals surface area contributed by atoms with Crippen LogP contribution in [0.3, 0.4) is 0 Å². The summed E-state index contributed by atoms with van der Waals surface area (Å²) in [6, 6.07) is 0. The molecule has 1 saturated carbocycles. The molecule has 4 heteroatoms. The van der Waals surface area contributed by atoms with Gasteiger partial charge in [0.2, 0.25) is 0 Å².